The maximum absolute atomic E-state index is 6.21. The molecule has 0 aromatic rings. The molecule has 2 rings (SSSR count). The highest BCUT2D eigenvalue weighted by Gasteiger charge is 2.29. The van der Waals surface area contributed by atoms with Crippen LogP contribution in [0.4, 0.5) is 0 Å². The maximum Gasteiger partial charge on any atom is 0.0707 e. The summed E-state index contributed by atoms with van der Waals surface area (Å²) in [6.07, 6.45) is 4.78. The summed E-state index contributed by atoms with van der Waals surface area (Å²) in [5, 5.41) is 3.53. The second kappa shape index (κ2) is 7.77. The van der Waals surface area contributed by atoms with E-state index in [9.17, 15) is 0 Å². The monoisotopic (exact) mass is 282 g/mol. The highest BCUT2D eigenvalue weighted by Crippen LogP contribution is 2.25. The molecule has 0 spiro atoms. The van der Waals surface area contributed by atoms with Crippen LogP contribution in [0.3, 0.4) is 0 Å². The van der Waals surface area contributed by atoms with E-state index in [1.165, 1.54) is 32.4 Å². The summed E-state index contributed by atoms with van der Waals surface area (Å²) in [5.74, 6) is 2.43. The van der Waals surface area contributed by atoms with Gasteiger partial charge >= 0.3 is 0 Å². The molecule has 0 saturated carbocycles. The fourth-order valence-corrected chi connectivity index (χ4v) is 3.83. The van der Waals surface area contributed by atoms with E-state index in [4.69, 9.17) is 4.74 Å². The molecule has 3 heteroatoms. The fraction of sp³-hybridized carbons (Fsp3) is 1.00. The minimum Gasteiger partial charge on any atom is -0.372 e. The summed E-state index contributed by atoms with van der Waals surface area (Å²) >= 11 is 0. The number of nitrogens with zero attached hydrogens (tertiary/aromatic N) is 1. The average Bonchev–Trinajstić information content (AvgIpc) is 2.74. The van der Waals surface area contributed by atoms with Gasteiger partial charge in [-0.2, -0.15) is 0 Å². The predicted octanol–water partition coefficient (Wildman–Crippen LogP) is 2.76. The summed E-state index contributed by atoms with van der Waals surface area (Å²) in [6.45, 7) is 15.1. The van der Waals surface area contributed by atoms with Gasteiger partial charge in [0.05, 0.1) is 12.2 Å². The zero-order valence-electron chi connectivity index (χ0n) is 13.9. The van der Waals surface area contributed by atoms with Crippen LogP contribution < -0.4 is 5.32 Å². The Morgan fingerprint density at radius 2 is 1.75 bits per heavy atom. The number of hydrogen-bond acceptors (Lipinski definition) is 3. The highest BCUT2D eigenvalue weighted by atomic mass is 16.5. The molecular formula is C17H34N2O. The van der Waals surface area contributed by atoms with E-state index in [2.05, 4.69) is 37.9 Å². The Morgan fingerprint density at radius 1 is 1.10 bits per heavy atom. The van der Waals surface area contributed by atoms with Crippen LogP contribution in [0.2, 0.25) is 0 Å². The van der Waals surface area contributed by atoms with Crippen molar-refractivity contribution < 1.29 is 4.74 Å². The Bertz CT molecular complexity index is 272. The molecule has 20 heavy (non-hydrogen) atoms. The molecule has 0 amide bonds. The molecule has 2 aliphatic heterocycles. The molecule has 118 valence electrons. The van der Waals surface area contributed by atoms with E-state index in [1.54, 1.807) is 0 Å². The molecule has 4 atom stereocenters. The molecule has 2 aliphatic rings. The quantitative estimate of drug-likeness (QED) is 0.811. The molecule has 0 aliphatic carbocycles. The molecular weight excluding hydrogens is 248 g/mol. The minimum absolute atomic E-state index is 0.443. The standard InChI is InChI=1S/C17H34N2O/c1-13(2)8-18-9-16-5-6-17(20-16)12-19-10-14(3)7-15(4)11-19/h13-18H,5-12H2,1-4H3. The third-order valence-electron chi connectivity index (χ3n) is 4.53. The van der Waals surface area contributed by atoms with Crippen LogP contribution >= 0.6 is 0 Å². The topological polar surface area (TPSA) is 24.5 Å². The Balaban J connectivity index is 1.65. The van der Waals surface area contributed by atoms with Gasteiger partial charge in [-0.05, 0) is 43.6 Å². The van der Waals surface area contributed by atoms with Crippen molar-refractivity contribution in [3.05, 3.63) is 0 Å². The highest BCUT2D eigenvalue weighted by molar-refractivity contribution is 4.81. The van der Waals surface area contributed by atoms with Gasteiger partial charge in [-0.1, -0.05) is 27.7 Å². The van der Waals surface area contributed by atoms with E-state index >= 15 is 0 Å². The SMILES string of the molecule is CC(C)CNCC1CCC(CN2CC(C)CC(C)C2)O1. The third-order valence-corrected chi connectivity index (χ3v) is 4.53. The summed E-state index contributed by atoms with van der Waals surface area (Å²) in [6, 6.07) is 0. The van der Waals surface area contributed by atoms with Crippen molar-refractivity contribution in [1.29, 1.82) is 0 Å². The van der Waals surface area contributed by atoms with Crippen molar-refractivity contribution in [2.24, 2.45) is 17.8 Å². The maximum atomic E-state index is 6.21. The van der Waals surface area contributed by atoms with E-state index in [-0.39, 0.29) is 0 Å². The van der Waals surface area contributed by atoms with Gasteiger partial charge in [0.15, 0.2) is 0 Å². The second-order valence-corrected chi connectivity index (χ2v) is 7.67. The Labute approximate surface area is 125 Å². The van der Waals surface area contributed by atoms with Gasteiger partial charge in [0.25, 0.3) is 0 Å². The van der Waals surface area contributed by atoms with Crippen molar-refractivity contribution in [3.8, 4) is 0 Å². The zero-order valence-corrected chi connectivity index (χ0v) is 13.9. The summed E-state index contributed by atoms with van der Waals surface area (Å²) < 4.78 is 6.21. The van der Waals surface area contributed by atoms with Gasteiger partial charge in [0, 0.05) is 26.2 Å². The second-order valence-electron chi connectivity index (χ2n) is 7.67. The van der Waals surface area contributed by atoms with Gasteiger partial charge in [0.2, 0.25) is 0 Å². The lowest BCUT2D eigenvalue weighted by Gasteiger charge is -2.36. The van der Waals surface area contributed by atoms with Gasteiger partial charge < -0.3 is 15.0 Å². The number of piperidine rings is 1. The lowest BCUT2D eigenvalue weighted by molar-refractivity contribution is 0.0100. The smallest absolute Gasteiger partial charge is 0.0707 e. The largest absolute Gasteiger partial charge is 0.372 e. The summed E-state index contributed by atoms with van der Waals surface area (Å²) in [4.78, 5) is 2.63. The first-order valence-corrected chi connectivity index (χ1v) is 8.61. The number of rotatable bonds is 6. The molecule has 0 radical (unpaired) electrons. The molecule has 4 unspecified atom stereocenters. The Kier molecular flexibility index (Phi) is 6.31. The molecule has 2 heterocycles. The van der Waals surface area contributed by atoms with Crippen molar-refractivity contribution in [2.45, 2.75) is 59.2 Å². The Hall–Kier alpha value is -0.120. The van der Waals surface area contributed by atoms with Gasteiger partial charge in [-0.3, -0.25) is 0 Å². The van der Waals surface area contributed by atoms with Gasteiger partial charge in [-0.25, -0.2) is 0 Å². The van der Waals surface area contributed by atoms with Gasteiger partial charge in [-0.15, -0.1) is 0 Å². The molecule has 2 saturated heterocycles. The van der Waals surface area contributed by atoms with Crippen molar-refractivity contribution in [2.75, 3.05) is 32.7 Å². The van der Waals surface area contributed by atoms with E-state index < -0.39 is 0 Å². The third kappa shape index (κ3) is 5.34. The van der Waals surface area contributed by atoms with Crippen LogP contribution in [0.1, 0.15) is 47.0 Å². The first-order chi connectivity index (χ1) is 9.52. The molecule has 0 aromatic carbocycles. The number of likely N-dealkylation sites (tertiary alicyclic amines) is 1. The molecule has 0 bridgehead atoms. The zero-order chi connectivity index (χ0) is 14.5. The number of hydrogen-bond donors (Lipinski definition) is 1. The van der Waals surface area contributed by atoms with Gasteiger partial charge in [0.1, 0.15) is 0 Å². The van der Waals surface area contributed by atoms with E-state index in [1.807, 2.05) is 0 Å². The van der Waals surface area contributed by atoms with Crippen LogP contribution in [0.15, 0.2) is 0 Å². The van der Waals surface area contributed by atoms with Crippen LogP contribution in [0.5, 0.6) is 0 Å². The lowest BCUT2D eigenvalue weighted by atomic mass is 9.91. The Morgan fingerprint density at radius 3 is 2.40 bits per heavy atom. The van der Waals surface area contributed by atoms with Crippen LogP contribution in [0, 0.1) is 17.8 Å². The minimum atomic E-state index is 0.443. The molecule has 3 nitrogen and oxygen atoms in total. The normalized spacial score (nSPS) is 35.9. The number of nitrogens with one attached hydrogen (secondary N) is 1. The fourth-order valence-electron chi connectivity index (χ4n) is 3.83. The predicted molar refractivity (Wildman–Crippen MR) is 85.0 cm³/mol. The van der Waals surface area contributed by atoms with E-state index in [0.717, 1.165) is 37.4 Å². The average molecular weight is 282 g/mol. The van der Waals surface area contributed by atoms with E-state index in [0.29, 0.717) is 12.2 Å². The first kappa shape index (κ1) is 16.3. The van der Waals surface area contributed by atoms with Crippen LogP contribution in [0.25, 0.3) is 0 Å². The lowest BCUT2D eigenvalue weighted by Crippen LogP contribution is -2.43. The number of ether oxygens (including phenoxy) is 1. The van der Waals surface area contributed by atoms with Crippen LogP contribution in [-0.4, -0.2) is 49.8 Å². The molecule has 1 N–H and O–H groups in total. The van der Waals surface area contributed by atoms with Crippen molar-refractivity contribution in [3.63, 3.8) is 0 Å². The summed E-state index contributed by atoms with van der Waals surface area (Å²) in [7, 11) is 0. The first-order valence-electron chi connectivity index (χ1n) is 8.61. The van der Waals surface area contributed by atoms with Crippen molar-refractivity contribution >= 4 is 0 Å². The van der Waals surface area contributed by atoms with Crippen molar-refractivity contribution in [1.82, 2.24) is 10.2 Å². The molecule has 2 fully saturated rings. The molecule has 0 aromatic heterocycles. The van der Waals surface area contributed by atoms with Crippen LogP contribution in [-0.2, 0) is 4.74 Å². The summed E-state index contributed by atoms with van der Waals surface area (Å²) in [5.41, 5.74) is 0.